The number of fused-ring (bicyclic) bond motifs is 1. The number of aromatic nitrogens is 4. The molecule has 0 spiro atoms. The maximum atomic E-state index is 12.9. The lowest BCUT2D eigenvalue weighted by molar-refractivity contribution is -0.183. The molecule has 1 unspecified atom stereocenters. The van der Waals surface area contributed by atoms with Gasteiger partial charge in [0.2, 0.25) is 6.17 Å². The maximum Gasteiger partial charge on any atom is 0.425 e. The molecule has 4 nitrogen and oxygen atoms in total. The second-order valence-corrected chi connectivity index (χ2v) is 3.18. The van der Waals surface area contributed by atoms with Gasteiger partial charge in [0.15, 0.2) is 5.65 Å². The largest absolute Gasteiger partial charge is 0.425 e. The third kappa shape index (κ3) is 1.82. The molecular formula is C8H6F4N4. The summed E-state index contributed by atoms with van der Waals surface area (Å²) in [4.78, 5) is 7.17. The van der Waals surface area contributed by atoms with Gasteiger partial charge in [-0.2, -0.15) is 18.3 Å². The van der Waals surface area contributed by atoms with E-state index in [1.165, 1.54) is 4.52 Å². The van der Waals surface area contributed by atoms with Gasteiger partial charge in [-0.3, -0.25) is 0 Å². The van der Waals surface area contributed by atoms with Crippen molar-refractivity contribution in [3.8, 4) is 0 Å². The van der Waals surface area contributed by atoms with E-state index in [1.807, 2.05) is 0 Å². The average Bonchev–Trinajstić information content (AvgIpc) is 2.54. The lowest BCUT2D eigenvalue weighted by atomic mass is 10.2. The van der Waals surface area contributed by atoms with Crippen LogP contribution < -0.4 is 0 Å². The Morgan fingerprint density at radius 3 is 2.69 bits per heavy atom. The molecule has 2 aromatic rings. The first-order valence-electron chi connectivity index (χ1n) is 4.27. The monoisotopic (exact) mass is 234 g/mol. The summed E-state index contributed by atoms with van der Waals surface area (Å²) >= 11 is 0. The Morgan fingerprint density at radius 1 is 1.38 bits per heavy atom. The van der Waals surface area contributed by atoms with Crippen LogP contribution in [0.25, 0.3) is 5.65 Å². The average molecular weight is 234 g/mol. The molecule has 0 amide bonds. The summed E-state index contributed by atoms with van der Waals surface area (Å²) < 4.78 is 50.4. The summed E-state index contributed by atoms with van der Waals surface area (Å²) in [5.74, 6) is 0.376. The number of aryl methyl sites for hydroxylation is 1. The Hall–Kier alpha value is -1.73. The minimum atomic E-state index is -4.96. The first kappa shape index (κ1) is 10.8. The van der Waals surface area contributed by atoms with Crippen LogP contribution in [-0.2, 0) is 0 Å². The Bertz CT molecular complexity index is 518. The predicted molar refractivity (Wildman–Crippen MR) is 45.4 cm³/mol. The van der Waals surface area contributed by atoms with Crippen molar-refractivity contribution < 1.29 is 17.6 Å². The first-order valence-corrected chi connectivity index (χ1v) is 4.27. The number of rotatable bonds is 1. The van der Waals surface area contributed by atoms with E-state index in [2.05, 4.69) is 15.1 Å². The highest BCUT2D eigenvalue weighted by Crippen LogP contribution is 2.34. The molecule has 86 valence electrons. The zero-order valence-electron chi connectivity index (χ0n) is 8.03. The van der Waals surface area contributed by atoms with Crippen molar-refractivity contribution in [2.75, 3.05) is 0 Å². The fourth-order valence-corrected chi connectivity index (χ4v) is 1.23. The summed E-state index contributed by atoms with van der Waals surface area (Å²) in [6.07, 6.45) is -7.06. The van der Waals surface area contributed by atoms with E-state index in [9.17, 15) is 17.6 Å². The number of hydrogen-bond acceptors (Lipinski definition) is 3. The summed E-state index contributed by atoms with van der Waals surface area (Å²) in [7, 11) is 0. The van der Waals surface area contributed by atoms with Crippen LogP contribution in [0.15, 0.2) is 12.4 Å². The van der Waals surface area contributed by atoms with E-state index in [0.29, 0.717) is 5.82 Å². The fraction of sp³-hybridized carbons (Fsp3) is 0.375. The van der Waals surface area contributed by atoms with Crippen LogP contribution in [0.1, 0.15) is 17.7 Å². The Labute approximate surface area is 86.9 Å². The Kier molecular flexibility index (Phi) is 2.28. The Morgan fingerprint density at radius 2 is 2.06 bits per heavy atom. The second-order valence-electron chi connectivity index (χ2n) is 3.18. The molecule has 0 radical (unpaired) electrons. The fourth-order valence-electron chi connectivity index (χ4n) is 1.23. The first-order chi connectivity index (χ1) is 7.38. The van der Waals surface area contributed by atoms with Crippen molar-refractivity contribution in [2.45, 2.75) is 19.3 Å². The highest BCUT2D eigenvalue weighted by Gasteiger charge is 2.42. The van der Waals surface area contributed by atoms with Crippen LogP contribution >= 0.6 is 0 Å². The van der Waals surface area contributed by atoms with Crippen LogP contribution in [0, 0.1) is 6.92 Å². The standard InChI is InChI=1S/C8H6F4N4/c1-4-14-6-2-5(7(9)8(10,11)12)13-3-16(6)15-4/h2-3,7H,1H3. The quantitative estimate of drug-likeness (QED) is 0.709. The van der Waals surface area contributed by atoms with E-state index in [1.54, 1.807) is 6.92 Å². The van der Waals surface area contributed by atoms with Crippen molar-refractivity contribution in [1.82, 2.24) is 19.6 Å². The lowest BCUT2D eigenvalue weighted by Gasteiger charge is -2.10. The van der Waals surface area contributed by atoms with Gasteiger partial charge < -0.3 is 0 Å². The van der Waals surface area contributed by atoms with Gasteiger partial charge in [0.1, 0.15) is 12.2 Å². The van der Waals surface area contributed by atoms with Crippen LogP contribution in [0.3, 0.4) is 0 Å². The minimum absolute atomic E-state index is 0.134. The number of hydrogen-bond donors (Lipinski definition) is 0. The van der Waals surface area contributed by atoms with Gasteiger partial charge in [-0.25, -0.2) is 18.9 Å². The molecule has 8 heteroatoms. The second kappa shape index (κ2) is 3.39. The van der Waals surface area contributed by atoms with Crippen LogP contribution in [0.4, 0.5) is 17.6 Å². The van der Waals surface area contributed by atoms with E-state index in [4.69, 9.17) is 0 Å². The summed E-state index contributed by atoms with van der Waals surface area (Å²) in [5.41, 5.74) is -0.582. The molecular weight excluding hydrogens is 228 g/mol. The summed E-state index contributed by atoms with van der Waals surface area (Å²) in [5, 5.41) is 3.82. The molecule has 2 rings (SSSR count). The predicted octanol–water partition coefficient (Wildman–Crippen LogP) is 2.01. The molecule has 0 saturated heterocycles. The molecule has 2 aromatic heterocycles. The molecule has 0 fully saturated rings. The topological polar surface area (TPSA) is 43.1 Å². The molecule has 0 aliphatic rings. The van der Waals surface area contributed by atoms with Crippen LogP contribution in [0.5, 0.6) is 0 Å². The van der Waals surface area contributed by atoms with Crippen molar-refractivity contribution in [3.63, 3.8) is 0 Å². The van der Waals surface area contributed by atoms with Crippen molar-refractivity contribution >= 4 is 5.65 Å². The van der Waals surface area contributed by atoms with Crippen LogP contribution in [0.2, 0.25) is 0 Å². The van der Waals surface area contributed by atoms with Crippen LogP contribution in [-0.4, -0.2) is 25.8 Å². The van der Waals surface area contributed by atoms with Gasteiger partial charge in [-0.05, 0) is 6.92 Å². The van der Waals surface area contributed by atoms with Crippen molar-refractivity contribution in [2.24, 2.45) is 0 Å². The van der Waals surface area contributed by atoms with Gasteiger partial charge in [0.25, 0.3) is 0 Å². The minimum Gasteiger partial charge on any atom is -0.238 e. The van der Waals surface area contributed by atoms with Gasteiger partial charge in [-0.15, -0.1) is 0 Å². The van der Waals surface area contributed by atoms with E-state index >= 15 is 0 Å². The normalized spacial score (nSPS) is 14.3. The zero-order valence-corrected chi connectivity index (χ0v) is 8.03. The molecule has 0 N–H and O–H groups in total. The Balaban J connectivity index is 2.46. The highest BCUT2D eigenvalue weighted by molar-refractivity contribution is 5.38. The highest BCUT2D eigenvalue weighted by atomic mass is 19.4. The number of halogens is 4. The molecule has 0 aromatic carbocycles. The number of nitrogens with zero attached hydrogens (tertiary/aromatic N) is 4. The molecule has 0 saturated carbocycles. The third-order valence-electron chi connectivity index (χ3n) is 1.90. The van der Waals surface area contributed by atoms with E-state index in [0.717, 1.165) is 12.4 Å². The SMILES string of the molecule is Cc1nc2cc(C(F)C(F)(F)F)ncn2n1. The van der Waals surface area contributed by atoms with Gasteiger partial charge in [-0.1, -0.05) is 0 Å². The molecule has 2 heterocycles. The van der Waals surface area contributed by atoms with E-state index < -0.39 is 18.0 Å². The molecule has 0 aliphatic heterocycles. The van der Waals surface area contributed by atoms with Gasteiger partial charge in [0.05, 0.1) is 5.69 Å². The lowest BCUT2D eigenvalue weighted by Crippen LogP contribution is -2.18. The third-order valence-corrected chi connectivity index (χ3v) is 1.90. The molecule has 0 bridgehead atoms. The molecule has 0 aliphatic carbocycles. The number of alkyl halides is 4. The van der Waals surface area contributed by atoms with E-state index in [-0.39, 0.29) is 5.65 Å². The van der Waals surface area contributed by atoms with Gasteiger partial charge in [0, 0.05) is 6.07 Å². The van der Waals surface area contributed by atoms with Gasteiger partial charge >= 0.3 is 6.18 Å². The maximum absolute atomic E-state index is 12.9. The molecule has 16 heavy (non-hydrogen) atoms. The summed E-state index contributed by atoms with van der Waals surface area (Å²) in [6, 6.07) is 0.929. The zero-order chi connectivity index (χ0) is 11.9. The summed E-state index contributed by atoms with van der Waals surface area (Å²) in [6.45, 7) is 1.57. The molecule has 1 atom stereocenters. The van der Waals surface area contributed by atoms with Crippen molar-refractivity contribution in [1.29, 1.82) is 0 Å². The van der Waals surface area contributed by atoms with Crippen molar-refractivity contribution in [3.05, 3.63) is 23.9 Å². The smallest absolute Gasteiger partial charge is 0.238 e.